The summed E-state index contributed by atoms with van der Waals surface area (Å²) in [6.07, 6.45) is 3.30. The third-order valence-corrected chi connectivity index (χ3v) is 4.98. The Bertz CT molecular complexity index is 738. The van der Waals surface area contributed by atoms with Crippen LogP contribution in [0.25, 0.3) is 0 Å². The van der Waals surface area contributed by atoms with Crippen molar-refractivity contribution in [1.29, 1.82) is 0 Å². The van der Waals surface area contributed by atoms with E-state index in [-0.39, 0.29) is 9.56 Å². The zero-order valence-electron chi connectivity index (χ0n) is 10.9. The van der Waals surface area contributed by atoms with Crippen LogP contribution >= 0.6 is 15.9 Å². The molecule has 21 heavy (non-hydrogen) atoms. The van der Waals surface area contributed by atoms with Crippen LogP contribution in [0.2, 0.25) is 0 Å². The van der Waals surface area contributed by atoms with Gasteiger partial charge in [-0.25, -0.2) is 17.9 Å². The second kappa shape index (κ2) is 6.00. The van der Waals surface area contributed by atoms with Gasteiger partial charge in [0.25, 0.3) is 0 Å². The van der Waals surface area contributed by atoms with Crippen molar-refractivity contribution in [3.8, 4) is 0 Å². The van der Waals surface area contributed by atoms with Crippen LogP contribution in [-0.4, -0.2) is 35.3 Å². The largest absolute Gasteiger partial charge is 0.475 e. The van der Waals surface area contributed by atoms with E-state index in [0.29, 0.717) is 6.54 Å². The van der Waals surface area contributed by atoms with Crippen LogP contribution in [0.4, 0.5) is 0 Å². The molecule has 0 spiro atoms. The van der Waals surface area contributed by atoms with E-state index in [1.165, 1.54) is 0 Å². The first kappa shape index (κ1) is 15.7. The third kappa shape index (κ3) is 3.71. The zero-order chi connectivity index (χ0) is 15.6. The van der Waals surface area contributed by atoms with E-state index >= 15 is 0 Å². The summed E-state index contributed by atoms with van der Waals surface area (Å²) >= 11 is 2.91. The Kier molecular flexibility index (Phi) is 4.49. The number of carboxylic acids is 1. The van der Waals surface area contributed by atoms with Crippen molar-refractivity contribution in [1.82, 2.24) is 14.5 Å². The van der Waals surface area contributed by atoms with Gasteiger partial charge in [-0.2, -0.15) is 5.10 Å². The predicted octanol–water partition coefficient (Wildman–Crippen LogP) is 1.30. The van der Waals surface area contributed by atoms with Gasteiger partial charge in [0.05, 0.1) is 6.54 Å². The molecule has 2 aromatic heterocycles. The normalized spacial score (nSPS) is 13.2. The molecule has 2 aromatic rings. The maximum atomic E-state index is 12.2. The summed E-state index contributed by atoms with van der Waals surface area (Å²) in [5.41, 5.74) is 0. The van der Waals surface area contributed by atoms with Crippen LogP contribution in [0.1, 0.15) is 17.5 Å². The standard InChI is InChI=1S/C11H12BrN3O5S/c1-7(6-15-4-2-3-13-15)14-21(18,19)9-5-8(11(16)17)20-10(9)12/h2-5,7,14H,6H2,1H3,(H,16,17). The molecule has 8 nitrogen and oxygen atoms in total. The molecule has 1 atom stereocenters. The summed E-state index contributed by atoms with van der Waals surface area (Å²) in [4.78, 5) is 10.5. The number of aromatic carboxylic acids is 1. The van der Waals surface area contributed by atoms with E-state index in [1.54, 1.807) is 30.1 Å². The number of carbonyl (C=O) groups is 1. The summed E-state index contributed by atoms with van der Waals surface area (Å²) in [7, 11) is -3.90. The molecule has 10 heteroatoms. The highest BCUT2D eigenvalue weighted by atomic mass is 79.9. The van der Waals surface area contributed by atoms with E-state index in [0.717, 1.165) is 6.07 Å². The fraction of sp³-hybridized carbons (Fsp3) is 0.273. The van der Waals surface area contributed by atoms with Crippen molar-refractivity contribution in [2.45, 2.75) is 24.4 Å². The highest BCUT2D eigenvalue weighted by molar-refractivity contribution is 9.10. The lowest BCUT2D eigenvalue weighted by Crippen LogP contribution is -2.35. The Hall–Kier alpha value is -1.65. The number of aromatic nitrogens is 2. The molecule has 0 saturated carbocycles. The van der Waals surface area contributed by atoms with Gasteiger partial charge < -0.3 is 9.52 Å². The molecule has 0 aliphatic heterocycles. The minimum Gasteiger partial charge on any atom is -0.475 e. The monoisotopic (exact) mass is 377 g/mol. The molecule has 114 valence electrons. The fourth-order valence-corrected chi connectivity index (χ4v) is 3.87. The van der Waals surface area contributed by atoms with Gasteiger partial charge in [0.1, 0.15) is 4.90 Å². The van der Waals surface area contributed by atoms with Gasteiger partial charge in [-0.05, 0) is 28.9 Å². The first-order valence-electron chi connectivity index (χ1n) is 5.82. The Morgan fingerprint density at radius 2 is 2.33 bits per heavy atom. The Morgan fingerprint density at radius 3 is 2.86 bits per heavy atom. The number of nitrogens with zero attached hydrogens (tertiary/aromatic N) is 2. The average Bonchev–Trinajstić information content (AvgIpc) is 2.97. The lowest BCUT2D eigenvalue weighted by molar-refractivity contribution is 0.0661. The molecular formula is C11H12BrN3O5S. The van der Waals surface area contributed by atoms with E-state index < -0.39 is 27.8 Å². The summed E-state index contributed by atoms with van der Waals surface area (Å²) in [5.74, 6) is -1.80. The molecule has 1 unspecified atom stereocenters. The van der Waals surface area contributed by atoms with Gasteiger partial charge in [0.2, 0.25) is 15.8 Å². The first-order chi connectivity index (χ1) is 9.79. The maximum Gasteiger partial charge on any atom is 0.371 e. The second-order valence-corrected chi connectivity index (χ2v) is 6.71. The number of rotatable bonds is 6. The molecule has 0 amide bonds. The van der Waals surface area contributed by atoms with Crippen LogP contribution < -0.4 is 4.72 Å². The molecule has 0 aliphatic carbocycles. The summed E-state index contributed by atoms with van der Waals surface area (Å²) in [5, 5.41) is 12.8. The van der Waals surface area contributed by atoms with Gasteiger partial charge >= 0.3 is 5.97 Å². The van der Waals surface area contributed by atoms with Gasteiger partial charge in [-0.1, -0.05) is 0 Å². The van der Waals surface area contributed by atoms with Crippen molar-refractivity contribution in [3.63, 3.8) is 0 Å². The smallest absolute Gasteiger partial charge is 0.371 e. The fourth-order valence-electron chi connectivity index (χ4n) is 1.70. The van der Waals surface area contributed by atoms with Gasteiger partial charge in [0.15, 0.2) is 4.67 Å². The van der Waals surface area contributed by atoms with Gasteiger partial charge in [-0.15, -0.1) is 0 Å². The topological polar surface area (TPSA) is 114 Å². The van der Waals surface area contributed by atoms with Crippen LogP contribution in [0.5, 0.6) is 0 Å². The van der Waals surface area contributed by atoms with Crippen LogP contribution in [-0.2, 0) is 16.6 Å². The van der Waals surface area contributed by atoms with Crippen LogP contribution in [0.3, 0.4) is 0 Å². The van der Waals surface area contributed by atoms with Crippen molar-refractivity contribution < 1.29 is 22.7 Å². The first-order valence-corrected chi connectivity index (χ1v) is 8.09. The molecule has 2 heterocycles. The number of halogens is 1. The van der Waals surface area contributed by atoms with E-state index in [1.807, 2.05) is 0 Å². The summed E-state index contributed by atoms with van der Waals surface area (Å²) in [6.45, 7) is 2.01. The van der Waals surface area contributed by atoms with Crippen LogP contribution in [0.15, 0.2) is 38.5 Å². The van der Waals surface area contributed by atoms with Crippen molar-refractivity contribution in [2.75, 3.05) is 0 Å². The Morgan fingerprint density at radius 1 is 1.62 bits per heavy atom. The van der Waals surface area contributed by atoms with Gasteiger partial charge in [-0.3, -0.25) is 4.68 Å². The number of sulfonamides is 1. The summed E-state index contributed by atoms with van der Waals surface area (Å²) < 4.78 is 33.1. The molecule has 0 saturated heterocycles. The van der Waals surface area contributed by atoms with Gasteiger partial charge in [0, 0.05) is 24.5 Å². The van der Waals surface area contributed by atoms with E-state index in [4.69, 9.17) is 9.52 Å². The van der Waals surface area contributed by atoms with Crippen LogP contribution in [0, 0.1) is 0 Å². The molecule has 2 N–H and O–H groups in total. The zero-order valence-corrected chi connectivity index (χ0v) is 13.3. The van der Waals surface area contributed by atoms with Crippen molar-refractivity contribution >= 4 is 31.9 Å². The molecular weight excluding hydrogens is 366 g/mol. The number of carboxylic acid groups (broad SMARTS) is 1. The molecule has 0 aromatic carbocycles. The SMILES string of the molecule is CC(Cn1cccn1)NS(=O)(=O)c1cc(C(=O)O)oc1Br. The lowest BCUT2D eigenvalue weighted by atomic mass is 10.4. The predicted molar refractivity (Wildman–Crippen MR) is 75.4 cm³/mol. The Balaban J connectivity index is 2.16. The quantitative estimate of drug-likeness (QED) is 0.783. The number of hydrogen-bond donors (Lipinski definition) is 2. The number of furan rings is 1. The number of hydrogen-bond acceptors (Lipinski definition) is 5. The highest BCUT2D eigenvalue weighted by Crippen LogP contribution is 2.26. The lowest BCUT2D eigenvalue weighted by Gasteiger charge is -2.13. The molecule has 0 fully saturated rings. The third-order valence-electron chi connectivity index (χ3n) is 2.53. The second-order valence-electron chi connectivity index (χ2n) is 4.30. The number of nitrogens with one attached hydrogen (secondary N) is 1. The molecule has 2 rings (SSSR count). The highest BCUT2D eigenvalue weighted by Gasteiger charge is 2.26. The van der Waals surface area contributed by atoms with E-state index in [9.17, 15) is 13.2 Å². The molecule has 0 radical (unpaired) electrons. The average molecular weight is 378 g/mol. The molecule has 0 aliphatic rings. The minimum atomic E-state index is -3.90. The maximum absolute atomic E-state index is 12.2. The van der Waals surface area contributed by atoms with E-state index in [2.05, 4.69) is 25.8 Å². The molecule has 0 bridgehead atoms. The van der Waals surface area contributed by atoms with Crippen molar-refractivity contribution in [3.05, 3.63) is 35.0 Å². The minimum absolute atomic E-state index is 0.154. The summed E-state index contributed by atoms with van der Waals surface area (Å²) in [6, 6.07) is 2.24. The van der Waals surface area contributed by atoms with Crippen molar-refractivity contribution in [2.24, 2.45) is 0 Å². The Labute approximate surface area is 128 Å².